The zero-order valence-corrected chi connectivity index (χ0v) is 11.1. The number of hydrogen-bond acceptors (Lipinski definition) is 1. The SMILES string of the molecule is OC/C=C(/CCc1ccccc1)Cc1ccccc1. The Morgan fingerprint density at radius 2 is 1.42 bits per heavy atom. The van der Waals surface area contributed by atoms with Crippen LogP contribution in [0.5, 0.6) is 0 Å². The lowest BCUT2D eigenvalue weighted by Crippen LogP contribution is -1.95. The first-order valence-corrected chi connectivity index (χ1v) is 6.75. The number of aliphatic hydroxyl groups is 1. The molecule has 2 aromatic carbocycles. The van der Waals surface area contributed by atoms with Gasteiger partial charge in [0.15, 0.2) is 0 Å². The summed E-state index contributed by atoms with van der Waals surface area (Å²) in [6, 6.07) is 20.9. The van der Waals surface area contributed by atoms with Crippen molar-refractivity contribution in [3.8, 4) is 0 Å². The lowest BCUT2D eigenvalue weighted by Gasteiger charge is -2.08. The molecule has 1 nitrogen and oxygen atoms in total. The monoisotopic (exact) mass is 252 g/mol. The number of allylic oxidation sites excluding steroid dienone is 1. The Morgan fingerprint density at radius 3 is 2.00 bits per heavy atom. The van der Waals surface area contributed by atoms with Crippen LogP contribution < -0.4 is 0 Å². The first kappa shape index (κ1) is 13.6. The van der Waals surface area contributed by atoms with Crippen LogP contribution in [-0.2, 0) is 12.8 Å². The van der Waals surface area contributed by atoms with Crippen molar-refractivity contribution in [1.82, 2.24) is 0 Å². The third-order valence-electron chi connectivity index (χ3n) is 3.23. The summed E-state index contributed by atoms with van der Waals surface area (Å²) in [6.07, 6.45) is 4.89. The van der Waals surface area contributed by atoms with E-state index in [1.165, 1.54) is 16.7 Å². The van der Waals surface area contributed by atoms with Crippen LogP contribution in [0, 0.1) is 0 Å². The number of aryl methyl sites for hydroxylation is 1. The van der Waals surface area contributed by atoms with Gasteiger partial charge in [0.25, 0.3) is 0 Å². The van der Waals surface area contributed by atoms with Crippen LogP contribution in [-0.4, -0.2) is 11.7 Å². The van der Waals surface area contributed by atoms with Gasteiger partial charge >= 0.3 is 0 Å². The fraction of sp³-hybridized carbons (Fsp3) is 0.222. The van der Waals surface area contributed by atoms with Crippen LogP contribution in [0.2, 0.25) is 0 Å². The molecule has 1 heteroatoms. The Hall–Kier alpha value is -1.86. The molecule has 0 spiro atoms. The molecule has 0 fully saturated rings. The molecule has 0 aromatic heterocycles. The molecule has 0 saturated carbocycles. The van der Waals surface area contributed by atoms with Crippen LogP contribution in [0.4, 0.5) is 0 Å². The first-order valence-electron chi connectivity index (χ1n) is 6.75. The minimum absolute atomic E-state index is 0.122. The molecule has 0 atom stereocenters. The molecule has 0 heterocycles. The molecular weight excluding hydrogens is 232 g/mol. The second kappa shape index (κ2) is 7.55. The van der Waals surface area contributed by atoms with Crippen LogP contribution in [0.15, 0.2) is 72.3 Å². The molecule has 2 rings (SSSR count). The van der Waals surface area contributed by atoms with Gasteiger partial charge in [0, 0.05) is 0 Å². The second-order valence-electron chi connectivity index (χ2n) is 4.69. The van der Waals surface area contributed by atoms with E-state index in [2.05, 4.69) is 48.5 Å². The van der Waals surface area contributed by atoms with Crippen LogP contribution >= 0.6 is 0 Å². The summed E-state index contributed by atoms with van der Waals surface area (Å²) < 4.78 is 0. The quantitative estimate of drug-likeness (QED) is 0.776. The third kappa shape index (κ3) is 4.72. The fourth-order valence-electron chi connectivity index (χ4n) is 2.20. The molecule has 0 amide bonds. The van der Waals surface area contributed by atoms with Crippen LogP contribution in [0.3, 0.4) is 0 Å². The summed E-state index contributed by atoms with van der Waals surface area (Å²) >= 11 is 0. The van der Waals surface area contributed by atoms with Gasteiger partial charge in [0.1, 0.15) is 0 Å². The molecular formula is C18H20O. The number of benzene rings is 2. The molecule has 0 aliphatic rings. The Morgan fingerprint density at radius 1 is 0.842 bits per heavy atom. The molecule has 0 aliphatic heterocycles. The summed E-state index contributed by atoms with van der Waals surface area (Å²) in [7, 11) is 0. The van der Waals surface area contributed by atoms with E-state index in [4.69, 9.17) is 5.11 Å². The van der Waals surface area contributed by atoms with Crippen molar-refractivity contribution < 1.29 is 5.11 Å². The zero-order chi connectivity index (χ0) is 13.3. The highest BCUT2D eigenvalue weighted by Crippen LogP contribution is 2.14. The van der Waals surface area contributed by atoms with Crippen molar-refractivity contribution in [1.29, 1.82) is 0 Å². The van der Waals surface area contributed by atoms with Gasteiger partial charge in [-0.2, -0.15) is 0 Å². The van der Waals surface area contributed by atoms with Gasteiger partial charge in [0.2, 0.25) is 0 Å². The molecule has 0 saturated heterocycles. The summed E-state index contributed by atoms with van der Waals surface area (Å²) in [5.74, 6) is 0. The summed E-state index contributed by atoms with van der Waals surface area (Å²) in [5.41, 5.74) is 3.95. The van der Waals surface area contributed by atoms with Gasteiger partial charge in [-0.25, -0.2) is 0 Å². The maximum Gasteiger partial charge on any atom is 0.0615 e. The van der Waals surface area contributed by atoms with E-state index in [9.17, 15) is 0 Å². The third-order valence-corrected chi connectivity index (χ3v) is 3.23. The van der Waals surface area contributed by atoms with Gasteiger partial charge in [-0.05, 0) is 30.4 Å². The van der Waals surface area contributed by atoms with Gasteiger partial charge in [-0.1, -0.05) is 72.3 Å². The summed E-state index contributed by atoms with van der Waals surface area (Å²) in [4.78, 5) is 0. The van der Waals surface area contributed by atoms with E-state index >= 15 is 0 Å². The van der Waals surface area contributed by atoms with Crippen LogP contribution in [0.1, 0.15) is 17.5 Å². The Bertz CT molecular complexity index is 500. The smallest absolute Gasteiger partial charge is 0.0615 e. The van der Waals surface area contributed by atoms with Gasteiger partial charge in [-0.15, -0.1) is 0 Å². The largest absolute Gasteiger partial charge is 0.392 e. The van der Waals surface area contributed by atoms with Crippen molar-refractivity contribution in [2.45, 2.75) is 19.3 Å². The maximum absolute atomic E-state index is 9.14. The summed E-state index contributed by atoms with van der Waals surface area (Å²) in [5, 5.41) is 9.14. The Labute approximate surface area is 115 Å². The van der Waals surface area contributed by atoms with Crippen molar-refractivity contribution in [3.05, 3.63) is 83.4 Å². The molecule has 0 bridgehead atoms. The maximum atomic E-state index is 9.14. The molecule has 19 heavy (non-hydrogen) atoms. The van der Waals surface area contributed by atoms with E-state index in [0.717, 1.165) is 19.3 Å². The average Bonchev–Trinajstić information content (AvgIpc) is 2.47. The number of aliphatic hydroxyl groups excluding tert-OH is 1. The van der Waals surface area contributed by atoms with Crippen molar-refractivity contribution in [2.75, 3.05) is 6.61 Å². The molecule has 0 unspecified atom stereocenters. The second-order valence-corrected chi connectivity index (χ2v) is 4.69. The van der Waals surface area contributed by atoms with E-state index in [-0.39, 0.29) is 6.61 Å². The topological polar surface area (TPSA) is 20.2 Å². The molecule has 1 N–H and O–H groups in total. The number of rotatable bonds is 6. The highest BCUT2D eigenvalue weighted by atomic mass is 16.2. The fourth-order valence-corrected chi connectivity index (χ4v) is 2.20. The van der Waals surface area contributed by atoms with Gasteiger partial charge < -0.3 is 5.11 Å². The molecule has 98 valence electrons. The molecule has 0 radical (unpaired) electrons. The predicted molar refractivity (Wildman–Crippen MR) is 80.1 cm³/mol. The van der Waals surface area contributed by atoms with Gasteiger partial charge in [-0.3, -0.25) is 0 Å². The van der Waals surface area contributed by atoms with Gasteiger partial charge in [0.05, 0.1) is 6.61 Å². The van der Waals surface area contributed by atoms with E-state index < -0.39 is 0 Å². The predicted octanol–water partition coefficient (Wildman–Crippen LogP) is 3.78. The highest BCUT2D eigenvalue weighted by molar-refractivity contribution is 5.23. The van der Waals surface area contributed by atoms with Crippen molar-refractivity contribution >= 4 is 0 Å². The lowest BCUT2D eigenvalue weighted by molar-refractivity contribution is 0.341. The summed E-state index contributed by atoms with van der Waals surface area (Å²) in [6.45, 7) is 0.122. The molecule has 2 aromatic rings. The molecule has 0 aliphatic carbocycles. The van der Waals surface area contributed by atoms with Crippen LogP contribution in [0.25, 0.3) is 0 Å². The van der Waals surface area contributed by atoms with E-state index in [1.54, 1.807) is 0 Å². The zero-order valence-electron chi connectivity index (χ0n) is 11.1. The van der Waals surface area contributed by atoms with E-state index in [0.29, 0.717) is 0 Å². The standard InChI is InChI=1S/C18H20O/c19-14-13-18(15-17-9-5-2-6-10-17)12-11-16-7-3-1-4-8-16/h1-10,13,19H,11-12,14-15H2/b18-13-. The van der Waals surface area contributed by atoms with E-state index in [1.807, 2.05) is 18.2 Å². The number of hydrogen-bond donors (Lipinski definition) is 1. The first-order chi connectivity index (χ1) is 9.38. The minimum atomic E-state index is 0.122. The normalized spacial score (nSPS) is 11.5. The lowest BCUT2D eigenvalue weighted by atomic mass is 9.98. The minimum Gasteiger partial charge on any atom is -0.392 e. The average molecular weight is 252 g/mol. The Balaban J connectivity index is 1.96. The highest BCUT2D eigenvalue weighted by Gasteiger charge is 2.01. The Kier molecular flexibility index (Phi) is 5.39. The van der Waals surface area contributed by atoms with Crippen molar-refractivity contribution in [3.63, 3.8) is 0 Å². The van der Waals surface area contributed by atoms with Crippen molar-refractivity contribution in [2.24, 2.45) is 0 Å².